The summed E-state index contributed by atoms with van der Waals surface area (Å²) in [6.07, 6.45) is 0. The Labute approximate surface area is 176 Å². The Morgan fingerprint density at radius 1 is 0.966 bits per heavy atom. The first kappa shape index (κ1) is 20.7. The predicted molar refractivity (Wildman–Crippen MR) is 117 cm³/mol. The third kappa shape index (κ3) is 5.52. The van der Waals surface area contributed by atoms with Crippen LogP contribution in [0.15, 0.2) is 60.7 Å². The molecule has 1 N–H and O–H groups in total. The number of nitrogens with one attached hydrogen (secondary N) is 1. The van der Waals surface area contributed by atoms with Crippen molar-refractivity contribution < 1.29 is 14.3 Å². The van der Waals surface area contributed by atoms with E-state index in [1.54, 1.807) is 24.3 Å². The molecule has 29 heavy (non-hydrogen) atoms. The van der Waals surface area contributed by atoms with E-state index in [9.17, 15) is 4.79 Å². The molecule has 0 saturated heterocycles. The number of aryl methyl sites for hydroxylation is 2. The van der Waals surface area contributed by atoms with Crippen LogP contribution in [0.3, 0.4) is 0 Å². The van der Waals surface area contributed by atoms with Gasteiger partial charge >= 0.3 is 0 Å². The molecule has 4 nitrogen and oxygen atoms in total. The minimum absolute atomic E-state index is 0.180. The van der Waals surface area contributed by atoms with Crippen LogP contribution in [0, 0.1) is 13.8 Å². The van der Waals surface area contributed by atoms with E-state index in [4.69, 9.17) is 21.1 Å². The summed E-state index contributed by atoms with van der Waals surface area (Å²) in [5, 5.41) is 3.61. The molecule has 3 aromatic carbocycles. The van der Waals surface area contributed by atoms with Crippen LogP contribution in [0.25, 0.3) is 0 Å². The fourth-order valence-corrected chi connectivity index (χ4v) is 2.96. The van der Waals surface area contributed by atoms with Crippen LogP contribution in [-0.2, 0) is 6.61 Å². The molecule has 0 aliphatic rings. The van der Waals surface area contributed by atoms with Crippen molar-refractivity contribution in [3.8, 4) is 11.5 Å². The van der Waals surface area contributed by atoms with E-state index in [2.05, 4.69) is 5.32 Å². The Morgan fingerprint density at radius 3 is 2.41 bits per heavy atom. The molecule has 0 spiro atoms. The van der Waals surface area contributed by atoms with Gasteiger partial charge in [-0.05, 0) is 74.9 Å². The van der Waals surface area contributed by atoms with Crippen molar-refractivity contribution in [1.29, 1.82) is 0 Å². The van der Waals surface area contributed by atoms with Crippen molar-refractivity contribution in [2.45, 2.75) is 27.4 Å². The first-order valence-electron chi connectivity index (χ1n) is 9.49. The number of hydrogen-bond donors (Lipinski definition) is 1. The molecule has 0 atom stereocenters. The largest absolute Gasteiger partial charge is 0.493 e. The summed E-state index contributed by atoms with van der Waals surface area (Å²) >= 11 is 6.08. The van der Waals surface area contributed by atoms with Crippen molar-refractivity contribution in [3.63, 3.8) is 0 Å². The summed E-state index contributed by atoms with van der Waals surface area (Å²) in [6.45, 7) is 6.67. The van der Waals surface area contributed by atoms with E-state index in [0.717, 1.165) is 22.4 Å². The molecule has 0 aromatic heterocycles. The number of halogens is 1. The van der Waals surface area contributed by atoms with Crippen LogP contribution >= 0.6 is 11.6 Å². The number of carbonyl (C=O) groups excluding carboxylic acids is 1. The summed E-state index contributed by atoms with van der Waals surface area (Å²) in [5.74, 6) is 1.23. The van der Waals surface area contributed by atoms with E-state index < -0.39 is 0 Å². The van der Waals surface area contributed by atoms with Gasteiger partial charge in [-0.25, -0.2) is 0 Å². The van der Waals surface area contributed by atoms with Gasteiger partial charge in [-0.1, -0.05) is 29.3 Å². The van der Waals surface area contributed by atoms with Crippen LogP contribution in [0.1, 0.15) is 34.0 Å². The quantitative estimate of drug-likeness (QED) is 0.506. The van der Waals surface area contributed by atoms with Crippen LogP contribution in [-0.4, -0.2) is 12.5 Å². The van der Waals surface area contributed by atoms with Gasteiger partial charge in [-0.2, -0.15) is 0 Å². The number of ether oxygens (including phenoxy) is 2. The fraction of sp³-hybridized carbons (Fsp3) is 0.208. The molecule has 0 unspecified atom stereocenters. The van der Waals surface area contributed by atoms with E-state index in [1.807, 2.05) is 57.2 Å². The average molecular weight is 410 g/mol. The maximum Gasteiger partial charge on any atom is 0.255 e. The van der Waals surface area contributed by atoms with Gasteiger partial charge in [0, 0.05) is 21.8 Å². The second kappa shape index (κ2) is 9.48. The van der Waals surface area contributed by atoms with E-state index >= 15 is 0 Å². The molecule has 0 bridgehead atoms. The maximum atomic E-state index is 12.7. The molecule has 0 radical (unpaired) electrons. The van der Waals surface area contributed by atoms with Crippen molar-refractivity contribution in [2.24, 2.45) is 0 Å². The van der Waals surface area contributed by atoms with Crippen LogP contribution < -0.4 is 14.8 Å². The molecule has 1 amide bonds. The van der Waals surface area contributed by atoms with Crippen molar-refractivity contribution in [1.82, 2.24) is 0 Å². The summed E-state index contributed by atoms with van der Waals surface area (Å²) in [7, 11) is 0. The molecule has 0 saturated carbocycles. The lowest BCUT2D eigenvalue weighted by Crippen LogP contribution is -2.13. The second-order valence-corrected chi connectivity index (χ2v) is 7.18. The number of rotatable bonds is 7. The van der Waals surface area contributed by atoms with Gasteiger partial charge in [-0.3, -0.25) is 4.79 Å². The minimum Gasteiger partial charge on any atom is -0.493 e. The highest BCUT2D eigenvalue weighted by molar-refractivity contribution is 6.31. The zero-order valence-corrected chi connectivity index (χ0v) is 17.5. The van der Waals surface area contributed by atoms with Gasteiger partial charge < -0.3 is 14.8 Å². The van der Waals surface area contributed by atoms with Crippen molar-refractivity contribution >= 4 is 23.2 Å². The van der Waals surface area contributed by atoms with Gasteiger partial charge in [0.05, 0.1) is 6.61 Å². The highest BCUT2D eigenvalue weighted by Gasteiger charge is 2.12. The van der Waals surface area contributed by atoms with E-state index in [-0.39, 0.29) is 12.5 Å². The molecule has 0 aliphatic heterocycles. The molecule has 0 fully saturated rings. The Kier molecular flexibility index (Phi) is 6.78. The molecular weight excluding hydrogens is 386 g/mol. The number of anilines is 1. The number of benzene rings is 3. The summed E-state index contributed by atoms with van der Waals surface area (Å²) in [4.78, 5) is 12.7. The highest BCUT2D eigenvalue weighted by atomic mass is 35.5. The predicted octanol–water partition coefficient (Wildman–Crippen LogP) is 6.19. The third-order valence-corrected chi connectivity index (χ3v) is 4.88. The Morgan fingerprint density at radius 2 is 1.72 bits per heavy atom. The normalized spacial score (nSPS) is 10.5. The zero-order chi connectivity index (χ0) is 20.8. The Bertz CT molecular complexity index is 1000. The molecule has 0 aliphatic carbocycles. The van der Waals surface area contributed by atoms with Crippen molar-refractivity contribution in [2.75, 3.05) is 11.9 Å². The monoisotopic (exact) mass is 409 g/mol. The summed E-state index contributed by atoms with van der Waals surface area (Å²) < 4.78 is 11.6. The maximum absolute atomic E-state index is 12.7. The summed E-state index contributed by atoms with van der Waals surface area (Å²) in [6, 6.07) is 18.6. The standard InChI is InChI=1S/C24H24ClNO3/c1-4-28-23-12-7-18(24(27)26-20-8-5-16(2)6-9-20)14-19(23)15-29-21-10-11-22(25)17(3)13-21/h5-14H,4,15H2,1-3H3,(H,26,27). The topological polar surface area (TPSA) is 47.6 Å². The van der Waals surface area contributed by atoms with Crippen LogP contribution in [0.4, 0.5) is 5.69 Å². The number of carbonyl (C=O) groups is 1. The molecule has 150 valence electrons. The SMILES string of the molecule is CCOc1ccc(C(=O)Nc2ccc(C)cc2)cc1COc1ccc(Cl)c(C)c1. The molecule has 3 rings (SSSR count). The molecular formula is C24H24ClNO3. The van der Waals surface area contributed by atoms with E-state index in [0.29, 0.717) is 28.7 Å². The van der Waals surface area contributed by atoms with Gasteiger partial charge in [0.2, 0.25) is 0 Å². The average Bonchev–Trinajstić information content (AvgIpc) is 2.71. The second-order valence-electron chi connectivity index (χ2n) is 6.78. The lowest BCUT2D eigenvalue weighted by molar-refractivity contribution is 0.102. The first-order chi connectivity index (χ1) is 14.0. The summed E-state index contributed by atoms with van der Waals surface area (Å²) in [5.41, 5.74) is 4.18. The Hall–Kier alpha value is -2.98. The van der Waals surface area contributed by atoms with Crippen molar-refractivity contribution in [3.05, 3.63) is 87.9 Å². The molecule has 0 heterocycles. The first-order valence-corrected chi connectivity index (χ1v) is 9.86. The van der Waals surface area contributed by atoms with Gasteiger partial charge in [0.15, 0.2) is 0 Å². The van der Waals surface area contributed by atoms with Gasteiger partial charge in [0.25, 0.3) is 5.91 Å². The van der Waals surface area contributed by atoms with E-state index in [1.165, 1.54) is 0 Å². The lowest BCUT2D eigenvalue weighted by Gasteiger charge is -2.14. The molecule has 5 heteroatoms. The Balaban J connectivity index is 1.78. The van der Waals surface area contributed by atoms with Crippen LogP contribution in [0.2, 0.25) is 5.02 Å². The lowest BCUT2D eigenvalue weighted by atomic mass is 10.1. The minimum atomic E-state index is -0.180. The fourth-order valence-electron chi connectivity index (χ4n) is 2.84. The van der Waals surface area contributed by atoms with Crippen LogP contribution in [0.5, 0.6) is 11.5 Å². The van der Waals surface area contributed by atoms with Gasteiger partial charge in [0.1, 0.15) is 18.1 Å². The highest BCUT2D eigenvalue weighted by Crippen LogP contribution is 2.25. The smallest absolute Gasteiger partial charge is 0.255 e. The molecule has 3 aromatic rings. The number of hydrogen-bond acceptors (Lipinski definition) is 3. The third-order valence-electron chi connectivity index (χ3n) is 4.46. The number of amides is 1. The zero-order valence-electron chi connectivity index (χ0n) is 16.8. The van der Waals surface area contributed by atoms with Gasteiger partial charge in [-0.15, -0.1) is 0 Å².